The van der Waals surface area contributed by atoms with E-state index >= 15 is 0 Å². The van der Waals surface area contributed by atoms with Gasteiger partial charge in [0.05, 0.1) is 7.11 Å². The van der Waals surface area contributed by atoms with E-state index in [0.29, 0.717) is 5.90 Å². The van der Waals surface area contributed by atoms with Gasteiger partial charge in [0.15, 0.2) is 0 Å². The number of hydrogen-bond acceptors (Lipinski definition) is 27. The highest BCUT2D eigenvalue weighted by Gasteiger charge is 2.33. The molecule has 0 bridgehead atoms. The smallest absolute Gasteiger partial charge is 0.216 e. The van der Waals surface area contributed by atoms with Crippen molar-refractivity contribution in [3.8, 4) is 0 Å². The number of hydrogen-bond donors (Lipinski definition) is 0. The Bertz CT molecular complexity index is 726. The van der Waals surface area contributed by atoms with Crippen molar-refractivity contribution in [2.75, 3.05) is 20.3 Å². The lowest BCUT2D eigenvalue weighted by molar-refractivity contribution is -0.900. The van der Waals surface area contributed by atoms with Crippen LogP contribution in [0.15, 0.2) is 35.3 Å². The van der Waals surface area contributed by atoms with Crippen LogP contribution in [0.4, 0.5) is 0 Å². The van der Waals surface area contributed by atoms with Crippen molar-refractivity contribution in [2.24, 2.45) is 4.99 Å². The Morgan fingerprint density at radius 1 is 0.590 bits per heavy atom. The van der Waals surface area contributed by atoms with Gasteiger partial charge in [0.1, 0.15) is 18.8 Å². The van der Waals surface area contributed by atoms with E-state index in [1.807, 2.05) is 30.3 Å². The van der Waals surface area contributed by atoms with Crippen molar-refractivity contribution in [1.29, 1.82) is 0 Å². The summed E-state index contributed by atoms with van der Waals surface area (Å²) in [4.78, 5) is 13.1. The number of nitrogens with zero attached hydrogens (tertiary/aromatic N) is 1. The van der Waals surface area contributed by atoms with Crippen LogP contribution in [0.2, 0.25) is 0 Å². The molecule has 27 heteroatoms. The summed E-state index contributed by atoms with van der Waals surface area (Å²) >= 11 is 0. The summed E-state index contributed by atoms with van der Waals surface area (Å²) in [5.41, 5.74) is 0.0633. The second-order valence-electron chi connectivity index (χ2n) is 5.56. The first-order valence-electron chi connectivity index (χ1n) is 9.00. The van der Waals surface area contributed by atoms with Crippen molar-refractivity contribution in [3.63, 3.8) is 0 Å². The van der Waals surface area contributed by atoms with Crippen molar-refractivity contribution < 1.29 is 130 Å². The van der Waals surface area contributed by atoms with Crippen LogP contribution >= 0.6 is 0 Å². The average molecular weight is 589 g/mol. The number of ether oxygens (including phenoxy) is 1. The SMILES string of the molecule is COOOOOOOOOOOOOOOOOOOOOOOOOCC1(C)COC(c2ccccc2)=N1. The highest BCUT2D eigenvalue weighted by molar-refractivity contribution is 5.95. The van der Waals surface area contributed by atoms with Crippen LogP contribution in [0, 0.1) is 0 Å². The highest BCUT2D eigenvalue weighted by atomic mass is 18.0. The second-order valence-corrected chi connectivity index (χ2v) is 5.56. The molecule has 0 spiro atoms. The summed E-state index contributed by atoms with van der Waals surface area (Å²) in [5, 5.41) is 84.2. The van der Waals surface area contributed by atoms with Crippen LogP contribution in [0.25, 0.3) is 0 Å². The molecule has 1 unspecified atom stereocenters. The topological polar surface area (TPSA) is 252 Å². The third kappa shape index (κ3) is 17.1. The van der Waals surface area contributed by atoms with E-state index in [9.17, 15) is 0 Å². The van der Waals surface area contributed by atoms with Crippen LogP contribution in [0.1, 0.15) is 12.5 Å². The van der Waals surface area contributed by atoms with Crippen LogP contribution in [0.3, 0.4) is 0 Å². The molecule has 2 rings (SSSR count). The van der Waals surface area contributed by atoms with Gasteiger partial charge in [0.2, 0.25) is 5.90 Å². The quantitative estimate of drug-likeness (QED) is 0.0755. The lowest BCUT2D eigenvalue weighted by Crippen LogP contribution is -2.30. The monoisotopic (exact) mass is 589 g/mol. The van der Waals surface area contributed by atoms with Crippen molar-refractivity contribution in [3.05, 3.63) is 35.9 Å². The van der Waals surface area contributed by atoms with Gasteiger partial charge in [-0.15, -0.1) is 0 Å². The zero-order valence-corrected chi connectivity index (χ0v) is 18.9. The summed E-state index contributed by atoms with van der Waals surface area (Å²) in [6.07, 6.45) is 0. The second kappa shape index (κ2) is 22.5. The minimum Gasteiger partial charge on any atom is -0.475 e. The van der Waals surface area contributed by atoms with Gasteiger partial charge in [-0.1, -0.05) is 18.2 Å². The third-order valence-electron chi connectivity index (χ3n) is 3.01. The molecular formula is C12H15NO26. The maximum absolute atomic E-state index is 5.54. The van der Waals surface area contributed by atoms with Crippen LogP contribution < -0.4 is 0 Å². The lowest BCUT2D eigenvalue weighted by atomic mass is 10.1. The summed E-state index contributed by atoms with van der Waals surface area (Å²) < 4.78 is 5.54. The molecule has 1 heterocycles. The van der Waals surface area contributed by atoms with Crippen molar-refractivity contribution in [2.45, 2.75) is 12.5 Å². The number of aliphatic imine (C=N–C) groups is 1. The van der Waals surface area contributed by atoms with Crippen LogP contribution in [-0.2, 0) is 130 Å². The van der Waals surface area contributed by atoms with Crippen LogP contribution in [-0.4, -0.2) is 31.8 Å². The maximum atomic E-state index is 5.54. The normalized spacial score (nSPS) is 16.9. The first kappa shape index (κ1) is 32.9. The van der Waals surface area contributed by atoms with Crippen molar-refractivity contribution in [1.82, 2.24) is 0 Å². The molecule has 0 fully saturated rings. The summed E-state index contributed by atoms with van der Waals surface area (Å²) in [6, 6.07) is 9.26. The van der Waals surface area contributed by atoms with Gasteiger partial charge in [0, 0.05) is 40.8 Å². The molecule has 1 aliphatic rings. The molecule has 0 aromatic heterocycles. The van der Waals surface area contributed by atoms with Gasteiger partial charge in [-0.3, -0.25) is 0 Å². The van der Waals surface area contributed by atoms with E-state index in [2.05, 4.69) is 126 Å². The lowest BCUT2D eigenvalue weighted by Gasteiger charge is -2.15. The molecule has 0 saturated carbocycles. The third-order valence-corrected chi connectivity index (χ3v) is 3.01. The Labute approximate surface area is 211 Å². The molecule has 0 radical (unpaired) electrons. The molecule has 1 aromatic rings. The fourth-order valence-electron chi connectivity index (χ4n) is 1.77. The maximum Gasteiger partial charge on any atom is 0.216 e. The summed E-state index contributed by atoms with van der Waals surface area (Å²) in [6.45, 7) is 1.92. The fraction of sp³-hybridized carbons (Fsp3) is 0.417. The fourth-order valence-corrected chi connectivity index (χ4v) is 1.77. The molecule has 27 nitrogen and oxygen atoms in total. The molecular weight excluding hydrogens is 574 g/mol. The standard InChI is InChI=1S/C12H15NO26/c1-12(8-15-11(13-12)10-6-4-3-5-7-10)9-16-18-20-22-24-26-28-30-32-34-36-38-39-37-35-33-31-29-27-25-23-21-19-17-14-2/h3-7H,8-9H2,1-2H3. The predicted molar refractivity (Wildman–Crippen MR) is 85.3 cm³/mol. The van der Waals surface area contributed by atoms with Gasteiger partial charge in [-0.2, -0.15) is 0 Å². The summed E-state index contributed by atoms with van der Waals surface area (Å²) in [5.74, 6) is 0.456. The number of benzene rings is 1. The first-order valence-corrected chi connectivity index (χ1v) is 9.00. The van der Waals surface area contributed by atoms with E-state index in [1.165, 1.54) is 0 Å². The van der Waals surface area contributed by atoms with Crippen LogP contribution in [0.5, 0.6) is 0 Å². The molecule has 1 atom stereocenters. The zero-order valence-electron chi connectivity index (χ0n) is 18.9. The van der Waals surface area contributed by atoms with E-state index in [4.69, 9.17) is 9.62 Å². The predicted octanol–water partition coefficient (Wildman–Crippen LogP) is 0.227. The Kier molecular flexibility index (Phi) is 19.0. The van der Waals surface area contributed by atoms with Gasteiger partial charge in [0.25, 0.3) is 0 Å². The average Bonchev–Trinajstić information content (AvgIpc) is 3.35. The minimum absolute atomic E-state index is 0.0729. The molecule has 0 aliphatic carbocycles. The molecule has 39 heavy (non-hydrogen) atoms. The Balaban J connectivity index is 1.25. The minimum atomic E-state index is -0.747. The van der Waals surface area contributed by atoms with E-state index < -0.39 is 5.54 Å². The van der Waals surface area contributed by atoms with E-state index in [-0.39, 0.29) is 13.2 Å². The van der Waals surface area contributed by atoms with Gasteiger partial charge in [-0.25, -0.2) is 14.8 Å². The first-order chi connectivity index (χ1) is 19.2. The number of rotatable bonds is 27. The molecule has 0 saturated heterocycles. The highest BCUT2D eigenvalue weighted by Crippen LogP contribution is 2.22. The zero-order chi connectivity index (χ0) is 27.7. The molecule has 0 amide bonds. The van der Waals surface area contributed by atoms with E-state index in [1.54, 1.807) is 6.92 Å². The Morgan fingerprint density at radius 3 is 1.38 bits per heavy atom. The molecule has 1 aromatic carbocycles. The molecule has 224 valence electrons. The van der Waals surface area contributed by atoms with E-state index in [0.717, 1.165) is 12.7 Å². The Hall–Kier alpha value is -2.31. The Morgan fingerprint density at radius 2 is 0.974 bits per heavy atom. The van der Waals surface area contributed by atoms with Gasteiger partial charge in [-0.05, 0) is 99.7 Å². The van der Waals surface area contributed by atoms with Gasteiger partial charge < -0.3 is 4.74 Å². The molecule has 0 N–H and O–H groups in total. The summed E-state index contributed by atoms with van der Waals surface area (Å²) in [7, 11) is 1.09. The largest absolute Gasteiger partial charge is 0.475 e. The molecule has 1 aliphatic heterocycles. The van der Waals surface area contributed by atoms with Crippen molar-refractivity contribution >= 4 is 5.90 Å². The van der Waals surface area contributed by atoms with Gasteiger partial charge >= 0.3 is 0 Å².